The normalized spacial score (nSPS) is 20.8. The molecule has 1 aromatic carbocycles. The van der Waals surface area contributed by atoms with Crippen molar-refractivity contribution in [2.45, 2.75) is 57.4 Å². The Morgan fingerprint density at radius 1 is 1.20 bits per heavy atom. The zero-order valence-electron chi connectivity index (χ0n) is 17.8. The Kier molecular flexibility index (Phi) is 13.1. The van der Waals surface area contributed by atoms with Crippen LogP contribution < -0.4 is 15.4 Å². The molecule has 3 atom stereocenters. The third-order valence-corrected chi connectivity index (χ3v) is 7.98. The molecule has 0 spiro atoms. The van der Waals surface area contributed by atoms with E-state index >= 15 is 0 Å². The number of sulfonamides is 1. The van der Waals surface area contributed by atoms with Crippen LogP contribution in [0.5, 0.6) is 0 Å². The van der Waals surface area contributed by atoms with Crippen molar-refractivity contribution < 1.29 is 12.6 Å². The number of nitrogens with zero attached hydrogens (tertiary/aromatic N) is 1. The highest BCUT2D eigenvalue weighted by Crippen LogP contribution is 2.22. The maximum atomic E-state index is 12.2. The first-order valence-corrected chi connectivity index (χ1v) is 13.4. The number of hydrogen-bond acceptors (Lipinski definition) is 4. The number of nitrogens with one attached hydrogen (secondary N) is 3. The Hall–Kier alpha value is -0.720. The van der Waals surface area contributed by atoms with Gasteiger partial charge in [0.15, 0.2) is 5.96 Å². The predicted molar refractivity (Wildman–Crippen MR) is 136 cm³/mol. The molecule has 0 radical (unpaired) electrons. The van der Waals surface area contributed by atoms with Gasteiger partial charge in [0.05, 0.1) is 12.3 Å². The van der Waals surface area contributed by atoms with Crippen LogP contribution in [0.1, 0.15) is 45.1 Å². The lowest BCUT2D eigenvalue weighted by Crippen LogP contribution is -2.46. The van der Waals surface area contributed by atoms with Gasteiger partial charge in [0.1, 0.15) is 0 Å². The van der Waals surface area contributed by atoms with Gasteiger partial charge in [-0.2, -0.15) is 0 Å². The van der Waals surface area contributed by atoms with Crippen LogP contribution in [-0.2, 0) is 27.4 Å². The molecule has 0 heterocycles. The molecule has 1 fully saturated rings. The maximum Gasteiger partial charge on any atom is 0.213 e. The largest absolute Gasteiger partial charge is 0.357 e. The molecule has 7 nitrogen and oxygen atoms in total. The third-order valence-electron chi connectivity index (χ3n) is 4.94. The van der Waals surface area contributed by atoms with Crippen LogP contribution in [0.4, 0.5) is 0 Å². The van der Waals surface area contributed by atoms with Gasteiger partial charge in [0, 0.05) is 40.9 Å². The van der Waals surface area contributed by atoms with Crippen LogP contribution in [0.15, 0.2) is 35.3 Å². The molecule has 30 heavy (non-hydrogen) atoms. The first-order valence-electron chi connectivity index (χ1n) is 10.4. The molecule has 0 aliphatic heterocycles. The van der Waals surface area contributed by atoms with Crippen molar-refractivity contribution in [1.29, 1.82) is 0 Å². The fourth-order valence-electron chi connectivity index (χ4n) is 3.40. The van der Waals surface area contributed by atoms with E-state index in [1.54, 1.807) is 0 Å². The molecule has 1 saturated carbocycles. The first kappa shape index (κ1) is 27.3. The average molecular weight is 571 g/mol. The minimum Gasteiger partial charge on any atom is -0.357 e. The van der Waals surface area contributed by atoms with E-state index in [0.717, 1.165) is 31.2 Å². The van der Waals surface area contributed by atoms with Gasteiger partial charge < -0.3 is 10.6 Å². The van der Waals surface area contributed by atoms with Crippen molar-refractivity contribution in [1.82, 2.24) is 15.4 Å². The van der Waals surface area contributed by atoms with E-state index in [0.29, 0.717) is 18.3 Å². The average Bonchev–Trinajstić information content (AvgIpc) is 2.73. The molecule has 172 valence electrons. The summed E-state index contributed by atoms with van der Waals surface area (Å²) in [7, 11) is -4.18. The molecule has 1 aliphatic rings. The van der Waals surface area contributed by atoms with E-state index in [-0.39, 0.29) is 54.1 Å². The molecule has 0 saturated heterocycles. The summed E-state index contributed by atoms with van der Waals surface area (Å²) in [4.78, 5) is 4.44. The zero-order valence-corrected chi connectivity index (χ0v) is 21.8. The van der Waals surface area contributed by atoms with E-state index in [4.69, 9.17) is 0 Å². The molecule has 3 unspecified atom stereocenters. The lowest BCUT2D eigenvalue weighted by Gasteiger charge is -2.30. The van der Waals surface area contributed by atoms with Gasteiger partial charge in [-0.15, -0.1) is 24.0 Å². The summed E-state index contributed by atoms with van der Waals surface area (Å²) in [6.45, 7) is 5.09. The van der Waals surface area contributed by atoms with Gasteiger partial charge in [0.2, 0.25) is 10.0 Å². The fourth-order valence-corrected chi connectivity index (χ4v) is 5.61. The number of benzene rings is 1. The summed E-state index contributed by atoms with van der Waals surface area (Å²) in [5.74, 6) is 1.25. The second-order valence-corrected chi connectivity index (χ2v) is 11.1. The summed E-state index contributed by atoms with van der Waals surface area (Å²) >= 11 is 0. The van der Waals surface area contributed by atoms with Crippen LogP contribution in [0, 0.1) is 0 Å². The molecule has 10 heteroatoms. The molecular formula is C20H35IN4O3S2. The standard InChI is InChI=1S/C20H34N4O3S2.HI/c1-3-21-20(24-18-11-8-12-19(15-18)28(25)4-2)22-13-14-29(26,27)23-16-17-9-6-5-7-10-17;/h5-7,9-10,18-19,23H,3-4,8,11-16H2,1-2H3,(H2,21,22,24);1H. The summed E-state index contributed by atoms with van der Waals surface area (Å²) in [6.07, 6.45) is 3.93. The Balaban J connectivity index is 0.00000450. The molecule has 0 bridgehead atoms. The highest BCUT2D eigenvalue weighted by atomic mass is 127. The SMILES string of the molecule is CCNC(=NCCS(=O)(=O)NCc1ccccc1)NC1CCCC(S(=O)CC)C1.I. The van der Waals surface area contributed by atoms with Crippen LogP contribution in [-0.4, -0.2) is 54.5 Å². The topological polar surface area (TPSA) is 99.7 Å². The predicted octanol–water partition coefficient (Wildman–Crippen LogP) is 2.36. The number of guanidine groups is 1. The number of hydrogen-bond donors (Lipinski definition) is 3. The minimum absolute atomic E-state index is 0. The van der Waals surface area contributed by atoms with E-state index in [1.807, 2.05) is 44.2 Å². The summed E-state index contributed by atoms with van der Waals surface area (Å²) < 4.78 is 39.2. The van der Waals surface area contributed by atoms with Gasteiger partial charge in [-0.05, 0) is 31.7 Å². The Morgan fingerprint density at radius 3 is 2.60 bits per heavy atom. The van der Waals surface area contributed by atoms with Crippen LogP contribution in [0.3, 0.4) is 0 Å². The van der Waals surface area contributed by atoms with Gasteiger partial charge in [-0.25, -0.2) is 13.1 Å². The van der Waals surface area contributed by atoms with Crippen molar-refractivity contribution in [2.75, 3.05) is 24.6 Å². The highest BCUT2D eigenvalue weighted by Gasteiger charge is 2.26. The molecule has 1 aliphatic carbocycles. The Labute approximate surface area is 200 Å². The molecule has 0 aromatic heterocycles. The number of aliphatic imine (C=N–C) groups is 1. The van der Waals surface area contributed by atoms with Crippen LogP contribution in [0.2, 0.25) is 0 Å². The van der Waals surface area contributed by atoms with E-state index in [1.165, 1.54) is 0 Å². The van der Waals surface area contributed by atoms with Crippen LogP contribution >= 0.6 is 24.0 Å². The number of rotatable bonds is 10. The minimum atomic E-state index is -3.40. The first-order chi connectivity index (χ1) is 13.9. The van der Waals surface area contributed by atoms with Crippen molar-refractivity contribution >= 4 is 50.8 Å². The molecule has 1 aromatic rings. The monoisotopic (exact) mass is 570 g/mol. The maximum absolute atomic E-state index is 12.2. The van der Waals surface area contributed by atoms with Crippen molar-refractivity contribution in [3.8, 4) is 0 Å². The second-order valence-electron chi connectivity index (χ2n) is 7.19. The highest BCUT2D eigenvalue weighted by molar-refractivity contribution is 14.0. The van der Waals surface area contributed by atoms with Crippen molar-refractivity contribution in [2.24, 2.45) is 4.99 Å². The third kappa shape index (κ3) is 10.1. The molecular weight excluding hydrogens is 535 g/mol. The molecule has 0 amide bonds. The smallest absolute Gasteiger partial charge is 0.213 e. The van der Waals surface area contributed by atoms with E-state index < -0.39 is 20.8 Å². The molecule has 2 rings (SSSR count). The van der Waals surface area contributed by atoms with Gasteiger partial charge in [-0.1, -0.05) is 43.7 Å². The van der Waals surface area contributed by atoms with E-state index in [2.05, 4.69) is 20.3 Å². The van der Waals surface area contributed by atoms with E-state index in [9.17, 15) is 12.6 Å². The summed E-state index contributed by atoms with van der Waals surface area (Å²) in [5.41, 5.74) is 0.922. The zero-order chi connectivity index (χ0) is 21.1. The van der Waals surface area contributed by atoms with Crippen LogP contribution in [0.25, 0.3) is 0 Å². The fraction of sp³-hybridized carbons (Fsp3) is 0.650. The second kappa shape index (κ2) is 14.4. The van der Waals surface area contributed by atoms with Gasteiger partial charge in [-0.3, -0.25) is 9.20 Å². The van der Waals surface area contributed by atoms with Crippen molar-refractivity contribution in [3.05, 3.63) is 35.9 Å². The summed E-state index contributed by atoms with van der Waals surface area (Å²) in [6, 6.07) is 9.65. The molecule has 3 N–H and O–H groups in total. The van der Waals surface area contributed by atoms with Gasteiger partial charge in [0.25, 0.3) is 0 Å². The lowest BCUT2D eigenvalue weighted by atomic mass is 9.95. The summed E-state index contributed by atoms with van der Waals surface area (Å²) in [5, 5.41) is 6.81. The lowest BCUT2D eigenvalue weighted by molar-refractivity contribution is 0.413. The van der Waals surface area contributed by atoms with Crippen molar-refractivity contribution in [3.63, 3.8) is 0 Å². The number of halogens is 1. The Bertz CT molecular complexity index is 776. The quantitative estimate of drug-likeness (QED) is 0.228. The Morgan fingerprint density at radius 2 is 1.93 bits per heavy atom. The van der Waals surface area contributed by atoms with Gasteiger partial charge >= 0.3 is 0 Å².